The summed E-state index contributed by atoms with van der Waals surface area (Å²) in [5, 5.41) is 9.56. The molecular weight excluding hydrogens is 374 g/mol. The lowest BCUT2D eigenvalue weighted by atomic mass is 9.86. The number of methoxy groups -OCH3 is 1. The summed E-state index contributed by atoms with van der Waals surface area (Å²) in [7, 11) is 1.65. The van der Waals surface area contributed by atoms with Crippen molar-refractivity contribution in [2.24, 2.45) is 0 Å². The number of nitrogens with zero attached hydrogens (tertiary/aromatic N) is 3. The molecule has 0 N–H and O–H groups in total. The van der Waals surface area contributed by atoms with Crippen LogP contribution in [0.3, 0.4) is 0 Å². The molecule has 5 heteroatoms. The second-order valence-corrected chi connectivity index (χ2v) is 8.52. The van der Waals surface area contributed by atoms with Crippen LogP contribution >= 0.6 is 0 Å². The topological polar surface area (TPSA) is 56.6 Å². The Kier molecular flexibility index (Phi) is 6.47. The molecule has 0 aromatic heterocycles. The minimum Gasteiger partial charge on any atom is -0.497 e. The number of carbonyl (C=O) groups is 1. The van der Waals surface area contributed by atoms with E-state index in [0.29, 0.717) is 13.1 Å². The summed E-state index contributed by atoms with van der Waals surface area (Å²) in [6, 6.07) is 18.1. The molecule has 1 heterocycles. The van der Waals surface area contributed by atoms with Gasteiger partial charge in [-0.05, 0) is 46.9 Å². The molecule has 0 unspecified atom stereocenters. The fourth-order valence-corrected chi connectivity index (χ4v) is 3.52. The number of amides is 1. The van der Waals surface area contributed by atoms with Crippen LogP contribution in [0.25, 0.3) is 6.08 Å². The first-order chi connectivity index (χ1) is 14.3. The monoisotopic (exact) mass is 403 g/mol. The molecule has 0 bridgehead atoms. The minimum atomic E-state index is -0.202. The Balaban J connectivity index is 1.65. The number of carbonyl (C=O) groups excluding carboxylic acids is 1. The lowest BCUT2D eigenvalue weighted by Crippen LogP contribution is -2.49. The Morgan fingerprint density at radius 2 is 1.60 bits per heavy atom. The van der Waals surface area contributed by atoms with Crippen molar-refractivity contribution in [3.63, 3.8) is 0 Å². The van der Waals surface area contributed by atoms with E-state index < -0.39 is 0 Å². The fourth-order valence-electron chi connectivity index (χ4n) is 3.52. The first-order valence-corrected chi connectivity index (χ1v) is 10.2. The SMILES string of the molecule is COc1ccc(N2CCN(C(=O)/C(C#N)=C/c3ccc(C(C)(C)C)cc3)CC2)cc1. The van der Waals surface area contributed by atoms with Gasteiger partial charge in [0.2, 0.25) is 0 Å². The number of hydrogen-bond acceptors (Lipinski definition) is 4. The lowest BCUT2D eigenvalue weighted by Gasteiger charge is -2.36. The van der Waals surface area contributed by atoms with Gasteiger partial charge in [0.15, 0.2) is 0 Å². The quantitative estimate of drug-likeness (QED) is 0.566. The van der Waals surface area contributed by atoms with E-state index in [4.69, 9.17) is 4.74 Å². The van der Waals surface area contributed by atoms with E-state index in [0.717, 1.165) is 30.1 Å². The summed E-state index contributed by atoms with van der Waals surface area (Å²) in [5.74, 6) is 0.624. The van der Waals surface area contributed by atoms with Crippen molar-refractivity contribution in [1.29, 1.82) is 5.26 Å². The maximum absolute atomic E-state index is 12.9. The number of benzene rings is 2. The highest BCUT2D eigenvalue weighted by molar-refractivity contribution is 6.01. The zero-order chi connectivity index (χ0) is 21.7. The Morgan fingerprint density at radius 3 is 2.10 bits per heavy atom. The Labute approximate surface area is 179 Å². The van der Waals surface area contributed by atoms with E-state index in [1.54, 1.807) is 18.1 Å². The van der Waals surface area contributed by atoms with E-state index in [9.17, 15) is 10.1 Å². The molecule has 156 valence electrons. The van der Waals surface area contributed by atoms with Crippen LogP contribution in [0.1, 0.15) is 31.9 Å². The van der Waals surface area contributed by atoms with Crippen molar-refractivity contribution in [1.82, 2.24) is 4.90 Å². The van der Waals surface area contributed by atoms with E-state index in [1.807, 2.05) is 36.4 Å². The molecule has 5 nitrogen and oxygen atoms in total. The van der Waals surface area contributed by atoms with Gasteiger partial charge in [0.1, 0.15) is 17.4 Å². The smallest absolute Gasteiger partial charge is 0.264 e. The maximum atomic E-state index is 12.9. The molecule has 1 fully saturated rings. The van der Waals surface area contributed by atoms with Crippen LogP contribution in [0, 0.1) is 11.3 Å². The summed E-state index contributed by atoms with van der Waals surface area (Å²) in [5.41, 5.74) is 3.44. The number of hydrogen-bond donors (Lipinski definition) is 0. The number of rotatable bonds is 4. The van der Waals surface area contributed by atoms with Crippen molar-refractivity contribution in [3.05, 3.63) is 65.2 Å². The Morgan fingerprint density at radius 1 is 1.00 bits per heavy atom. The molecule has 0 radical (unpaired) electrons. The van der Waals surface area contributed by atoms with Crippen LogP contribution in [0.2, 0.25) is 0 Å². The molecule has 3 rings (SSSR count). The molecule has 1 amide bonds. The molecular formula is C25H29N3O2. The number of piperazine rings is 1. The fraction of sp³-hybridized carbons (Fsp3) is 0.360. The predicted molar refractivity (Wildman–Crippen MR) is 121 cm³/mol. The molecule has 2 aromatic rings. The number of nitriles is 1. The van der Waals surface area contributed by atoms with Gasteiger partial charge in [-0.1, -0.05) is 45.0 Å². The minimum absolute atomic E-state index is 0.0691. The van der Waals surface area contributed by atoms with E-state index in [-0.39, 0.29) is 16.9 Å². The van der Waals surface area contributed by atoms with Crippen molar-refractivity contribution in [2.75, 3.05) is 38.2 Å². The van der Waals surface area contributed by atoms with Crippen LogP contribution in [0.4, 0.5) is 5.69 Å². The third kappa shape index (κ3) is 5.01. The summed E-state index contributed by atoms with van der Waals surface area (Å²) in [6.07, 6.45) is 1.69. The Hall–Kier alpha value is -3.26. The summed E-state index contributed by atoms with van der Waals surface area (Å²) in [6.45, 7) is 9.13. The van der Waals surface area contributed by atoms with Crippen LogP contribution in [0.5, 0.6) is 5.75 Å². The van der Waals surface area contributed by atoms with Gasteiger partial charge in [-0.3, -0.25) is 4.79 Å². The van der Waals surface area contributed by atoms with Crippen LogP contribution in [-0.2, 0) is 10.2 Å². The van der Waals surface area contributed by atoms with Crippen LogP contribution in [0.15, 0.2) is 54.1 Å². The van der Waals surface area contributed by atoms with Gasteiger partial charge in [0.05, 0.1) is 7.11 Å². The lowest BCUT2D eigenvalue weighted by molar-refractivity contribution is -0.126. The number of anilines is 1. The third-order valence-electron chi connectivity index (χ3n) is 5.44. The summed E-state index contributed by atoms with van der Waals surface area (Å²) >= 11 is 0. The van der Waals surface area contributed by atoms with Crippen molar-refractivity contribution < 1.29 is 9.53 Å². The molecule has 0 saturated carbocycles. The average molecular weight is 404 g/mol. The van der Waals surface area contributed by atoms with Gasteiger partial charge in [-0.15, -0.1) is 0 Å². The van der Waals surface area contributed by atoms with Gasteiger partial charge in [-0.25, -0.2) is 0 Å². The van der Waals surface area contributed by atoms with Gasteiger partial charge in [0.25, 0.3) is 5.91 Å². The van der Waals surface area contributed by atoms with Gasteiger partial charge < -0.3 is 14.5 Å². The van der Waals surface area contributed by atoms with Crippen LogP contribution in [-0.4, -0.2) is 44.1 Å². The molecule has 1 aliphatic rings. The zero-order valence-corrected chi connectivity index (χ0v) is 18.2. The van der Waals surface area contributed by atoms with E-state index in [2.05, 4.69) is 43.9 Å². The molecule has 0 atom stereocenters. The highest BCUT2D eigenvalue weighted by Gasteiger charge is 2.24. The molecule has 30 heavy (non-hydrogen) atoms. The first-order valence-electron chi connectivity index (χ1n) is 10.2. The summed E-state index contributed by atoms with van der Waals surface area (Å²) < 4.78 is 5.21. The maximum Gasteiger partial charge on any atom is 0.264 e. The molecule has 1 saturated heterocycles. The zero-order valence-electron chi connectivity index (χ0n) is 18.2. The highest BCUT2D eigenvalue weighted by atomic mass is 16.5. The largest absolute Gasteiger partial charge is 0.497 e. The van der Waals surface area contributed by atoms with E-state index in [1.165, 1.54) is 5.56 Å². The van der Waals surface area contributed by atoms with Gasteiger partial charge >= 0.3 is 0 Å². The predicted octanol–water partition coefficient (Wildman–Crippen LogP) is 4.25. The molecule has 2 aromatic carbocycles. The molecule has 0 aliphatic carbocycles. The molecule has 0 spiro atoms. The van der Waals surface area contributed by atoms with Crippen LogP contribution < -0.4 is 9.64 Å². The Bertz CT molecular complexity index is 940. The summed E-state index contributed by atoms with van der Waals surface area (Å²) in [4.78, 5) is 16.9. The first kappa shape index (κ1) is 21.4. The van der Waals surface area contributed by atoms with Crippen molar-refractivity contribution in [3.8, 4) is 11.8 Å². The third-order valence-corrected chi connectivity index (χ3v) is 5.44. The number of ether oxygens (including phenoxy) is 1. The highest BCUT2D eigenvalue weighted by Crippen LogP contribution is 2.24. The van der Waals surface area contributed by atoms with Crippen molar-refractivity contribution >= 4 is 17.7 Å². The average Bonchev–Trinajstić information content (AvgIpc) is 2.77. The van der Waals surface area contributed by atoms with Gasteiger partial charge in [0, 0.05) is 31.9 Å². The normalized spacial score (nSPS) is 15.0. The van der Waals surface area contributed by atoms with Crippen molar-refractivity contribution in [2.45, 2.75) is 26.2 Å². The van der Waals surface area contributed by atoms with E-state index >= 15 is 0 Å². The standard InChI is InChI=1S/C25H29N3O2/c1-25(2,3)21-7-5-19(6-8-21)17-20(18-26)24(29)28-15-13-27(14-16-28)22-9-11-23(30-4)12-10-22/h5-12,17H,13-16H2,1-4H3/b20-17+. The second-order valence-electron chi connectivity index (χ2n) is 8.52. The molecule has 1 aliphatic heterocycles. The second kappa shape index (κ2) is 9.04. The van der Waals surface area contributed by atoms with Gasteiger partial charge in [-0.2, -0.15) is 5.26 Å².